The monoisotopic (exact) mass is 369 g/mol. The topological polar surface area (TPSA) is 82.8 Å². The first-order valence-electron chi connectivity index (χ1n) is 8.84. The van der Waals surface area contributed by atoms with Gasteiger partial charge in [0.05, 0.1) is 11.5 Å². The van der Waals surface area contributed by atoms with E-state index in [-0.39, 0.29) is 11.6 Å². The lowest BCUT2D eigenvalue weighted by Crippen LogP contribution is -2.51. The lowest BCUT2D eigenvalue weighted by atomic mass is 10.1. The number of piperazine rings is 1. The zero-order chi connectivity index (χ0) is 19.4. The van der Waals surface area contributed by atoms with E-state index >= 15 is 0 Å². The molecule has 0 radical (unpaired) electrons. The van der Waals surface area contributed by atoms with E-state index < -0.39 is 4.92 Å². The summed E-state index contributed by atoms with van der Waals surface area (Å²) in [4.78, 5) is 33.5. The maximum atomic E-state index is 12.2. The number of likely N-dealkylation sites (N-methyl/N-ethyl adjacent to an activating group) is 1. The Bertz CT molecular complexity index is 817. The summed E-state index contributed by atoms with van der Waals surface area (Å²) < 4.78 is 0. The molecule has 2 heterocycles. The van der Waals surface area contributed by atoms with Crippen molar-refractivity contribution < 1.29 is 9.72 Å². The average Bonchev–Trinajstić information content (AvgIpc) is 2.67. The van der Waals surface area contributed by atoms with Gasteiger partial charge in [-0.1, -0.05) is 30.3 Å². The van der Waals surface area contributed by atoms with Gasteiger partial charge >= 0.3 is 0 Å². The second kappa shape index (κ2) is 8.13. The number of nitro groups is 1. The summed E-state index contributed by atoms with van der Waals surface area (Å²) in [7, 11) is 3.75. The van der Waals surface area contributed by atoms with Gasteiger partial charge in [-0.25, -0.2) is 4.98 Å². The molecule has 1 aromatic carbocycles. The lowest BCUT2D eigenvalue weighted by molar-refractivity contribution is -0.384. The minimum absolute atomic E-state index is 0.00949. The first-order chi connectivity index (χ1) is 13.0. The highest BCUT2D eigenvalue weighted by Crippen LogP contribution is 2.30. The Hall–Kier alpha value is -3.00. The normalized spacial score (nSPS) is 14.5. The Balaban J connectivity index is 1.79. The number of anilines is 1. The molecule has 8 nitrogen and oxygen atoms in total. The molecule has 27 heavy (non-hydrogen) atoms. The third kappa shape index (κ3) is 4.40. The lowest BCUT2D eigenvalue weighted by Gasteiger charge is -2.36. The number of hydrogen-bond donors (Lipinski definition) is 0. The molecule has 2 aromatic rings. The van der Waals surface area contributed by atoms with Crippen LogP contribution in [0.2, 0.25) is 0 Å². The predicted octanol–water partition coefficient (Wildman–Crippen LogP) is 1.87. The fourth-order valence-electron chi connectivity index (χ4n) is 3.13. The van der Waals surface area contributed by atoms with Crippen molar-refractivity contribution >= 4 is 17.4 Å². The van der Waals surface area contributed by atoms with Gasteiger partial charge in [-0.2, -0.15) is 0 Å². The Morgan fingerprint density at radius 3 is 2.37 bits per heavy atom. The molecule has 1 fully saturated rings. The number of carbonyl (C=O) groups excluding carboxylic acids is 1. The maximum Gasteiger partial charge on any atom is 0.295 e. The molecule has 0 bridgehead atoms. The molecule has 0 N–H and O–H groups in total. The molecule has 0 aliphatic carbocycles. The van der Waals surface area contributed by atoms with Crippen LogP contribution in [0.4, 0.5) is 11.5 Å². The SMILES string of the molecule is CN(C)CC(=O)N1CCN(c2ccc([N+](=O)[O-])c(-c3ccccc3)n2)CC1. The van der Waals surface area contributed by atoms with Crippen LogP contribution in [0, 0.1) is 10.1 Å². The Labute approximate surface area is 158 Å². The van der Waals surface area contributed by atoms with Gasteiger partial charge in [0.25, 0.3) is 5.69 Å². The van der Waals surface area contributed by atoms with Crippen molar-refractivity contribution in [2.24, 2.45) is 0 Å². The Morgan fingerprint density at radius 1 is 1.11 bits per heavy atom. The molecular weight excluding hydrogens is 346 g/mol. The van der Waals surface area contributed by atoms with Gasteiger partial charge in [0.2, 0.25) is 5.91 Å². The van der Waals surface area contributed by atoms with Gasteiger partial charge in [-0.15, -0.1) is 0 Å². The third-order valence-electron chi connectivity index (χ3n) is 4.51. The molecule has 0 spiro atoms. The highest BCUT2D eigenvalue weighted by atomic mass is 16.6. The summed E-state index contributed by atoms with van der Waals surface area (Å²) in [5.41, 5.74) is 1.07. The predicted molar refractivity (Wildman–Crippen MR) is 104 cm³/mol. The van der Waals surface area contributed by atoms with Gasteiger partial charge in [-0.3, -0.25) is 14.9 Å². The van der Waals surface area contributed by atoms with Crippen LogP contribution < -0.4 is 4.90 Å². The molecule has 1 aliphatic heterocycles. The molecule has 0 saturated carbocycles. The molecule has 0 unspecified atom stereocenters. The van der Waals surface area contributed by atoms with E-state index in [0.29, 0.717) is 49.8 Å². The Kier molecular flexibility index (Phi) is 5.66. The van der Waals surface area contributed by atoms with Crippen molar-refractivity contribution in [1.29, 1.82) is 0 Å². The van der Waals surface area contributed by atoms with Crippen LogP contribution in [-0.4, -0.2) is 72.4 Å². The summed E-state index contributed by atoms with van der Waals surface area (Å²) in [6.07, 6.45) is 0. The Morgan fingerprint density at radius 2 is 1.78 bits per heavy atom. The van der Waals surface area contributed by atoms with Crippen LogP contribution in [0.3, 0.4) is 0 Å². The summed E-state index contributed by atoms with van der Waals surface area (Å²) in [6, 6.07) is 12.4. The zero-order valence-corrected chi connectivity index (χ0v) is 15.5. The number of amides is 1. The van der Waals surface area contributed by atoms with Crippen LogP contribution in [0.5, 0.6) is 0 Å². The van der Waals surface area contributed by atoms with Crippen molar-refractivity contribution in [2.75, 3.05) is 51.7 Å². The van der Waals surface area contributed by atoms with Gasteiger partial charge in [-0.05, 0) is 20.2 Å². The molecule has 0 atom stereocenters. The van der Waals surface area contributed by atoms with Crippen LogP contribution in [0.25, 0.3) is 11.3 Å². The second-order valence-electron chi connectivity index (χ2n) is 6.77. The minimum atomic E-state index is -0.406. The highest BCUT2D eigenvalue weighted by molar-refractivity contribution is 5.78. The third-order valence-corrected chi connectivity index (χ3v) is 4.51. The van der Waals surface area contributed by atoms with E-state index in [2.05, 4.69) is 9.88 Å². The van der Waals surface area contributed by atoms with Gasteiger partial charge < -0.3 is 14.7 Å². The molecule has 1 aromatic heterocycles. The fraction of sp³-hybridized carbons (Fsp3) is 0.368. The average molecular weight is 369 g/mol. The molecule has 142 valence electrons. The molecule has 1 saturated heterocycles. The first kappa shape index (κ1) is 18.8. The van der Waals surface area contributed by atoms with Crippen molar-refractivity contribution in [3.05, 3.63) is 52.6 Å². The standard InChI is InChI=1S/C19H23N5O3/c1-21(2)14-18(25)23-12-10-22(11-13-23)17-9-8-16(24(26)27)19(20-17)15-6-4-3-5-7-15/h3-9H,10-14H2,1-2H3. The maximum absolute atomic E-state index is 12.2. The van der Waals surface area contributed by atoms with E-state index in [4.69, 9.17) is 0 Å². The van der Waals surface area contributed by atoms with Crippen LogP contribution in [-0.2, 0) is 4.79 Å². The number of carbonyl (C=O) groups is 1. The smallest absolute Gasteiger partial charge is 0.295 e. The van der Waals surface area contributed by atoms with Crippen molar-refractivity contribution in [2.45, 2.75) is 0 Å². The largest absolute Gasteiger partial charge is 0.353 e. The molecular formula is C19H23N5O3. The van der Waals surface area contributed by atoms with Crippen LogP contribution in [0.15, 0.2) is 42.5 Å². The number of aromatic nitrogens is 1. The van der Waals surface area contributed by atoms with Crippen molar-refractivity contribution in [3.8, 4) is 11.3 Å². The summed E-state index contributed by atoms with van der Waals surface area (Å²) in [5, 5.41) is 11.4. The minimum Gasteiger partial charge on any atom is -0.353 e. The summed E-state index contributed by atoms with van der Waals surface area (Å²) in [6.45, 7) is 2.93. The van der Waals surface area contributed by atoms with E-state index in [9.17, 15) is 14.9 Å². The van der Waals surface area contributed by atoms with Gasteiger partial charge in [0.15, 0.2) is 5.69 Å². The molecule has 1 aliphatic rings. The first-order valence-corrected chi connectivity index (χ1v) is 8.84. The number of nitrogens with zero attached hydrogens (tertiary/aromatic N) is 5. The number of rotatable bonds is 5. The molecule has 8 heteroatoms. The zero-order valence-electron chi connectivity index (χ0n) is 15.5. The van der Waals surface area contributed by atoms with Crippen molar-refractivity contribution in [3.63, 3.8) is 0 Å². The highest BCUT2D eigenvalue weighted by Gasteiger charge is 2.24. The van der Waals surface area contributed by atoms with E-state index in [1.807, 2.05) is 54.2 Å². The quantitative estimate of drug-likeness (QED) is 0.591. The number of benzene rings is 1. The summed E-state index contributed by atoms with van der Waals surface area (Å²) in [5.74, 6) is 0.806. The molecule has 3 rings (SSSR count). The van der Waals surface area contributed by atoms with E-state index in [0.717, 1.165) is 0 Å². The summed E-state index contributed by atoms with van der Waals surface area (Å²) >= 11 is 0. The van der Waals surface area contributed by atoms with Crippen LogP contribution >= 0.6 is 0 Å². The van der Waals surface area contributed by atoms with E-state index in [1.165, 1.54) is 6.07 Å². The molecule has 1 amide bonds. The van der Waals surface area contributed by atoms with Gasteiger partial charge in [0.1, 0.15) is 5.82 Å². The van der Waals surface area contributed by atoms with Gasteiger partial charge in [0, 0.05) is 37.8 Å². The van der Waals surface area contributed by atoms with Crippen molar-refractivity contribution in [1.82, 2.24) is 14.8 Å². The fourth-order valence-corrected chi connectivity index (χ4v) is 3.13. The van der Waals surface area contributed by atoms with Crippen LogP contribution in [0.1, 0.15) is 0 Å². The number of hydrogen-bond acceptors (Lipinski definition) is 6. The second-order valence-corrected chi connectivity index (χ2v) is 6.77. The number of pyridine rings is 1. The van der Waals surface area contributed by atoms with E-state index in [1.54, 1.807) is 6.07 Å².